The van der Waals surface area contributed by atoms with Crippen molar-refractivity contribution in [2.45, 2.75) is 39.5 Å². The van der Waals surface area contributed by atoms with Crippen molar-refractivity contribution in [3.05, 3.63) is 65.0 Å². The van der Waals surface area contributed by atoms with E-state index < -0.39 is 0 Å². The highest BCUT2D eigenvalue weighted by molar-refractivity contribution is 5.30. The van der Waals surface area contributed by atoms with Crippen LogP contribution in [-0.4, -0.2) is 16.4 Å². The van der Waals surface area contributed by atoms with Crippen LogP contribution in [0, 0.1) is 0 Å². The molecule has 2 aromatic rings. The lowest BCUT2D eigenvalue weighted by Gasteiger charge is -2.14. The molecule has 110 valence electrons. The molecule has 1 N–H and O–H groups in total. The molecule has 0 radical (unpaired) electrons. The number of benzene rings is 1. The Hall–Kier alpha value is -1.71. The van der Waals surface area contributed by atoms with E-state index in [2.05, 4.69) is 58.5 Å². The molecule has 0 unspecified atom stereocenters. The standard InChI is InChI=1S/C18H23N3/c1-2-9-19-10-15-7-8-18(20-11-15)14-21-12-16-5-3-4-6-17(16)13-21/h3-8,11,19H,2,9-10,12-14H2,1H3. The molecule has 1 aliphatic heterocycles. The van der Waals surface area contributed by atoms with Crippen molar-refractivity contribution in [2.24, 2.45) is 0 Å². The summed E-state index contributed by atoms with van der Waals surface area (Å²) in [5.74, 6) is 0. The second-order valence-electron chi connectivity index (χ2n) is 5.75. The van der Waals surface area contributed by atoms with Gasteiger partial charge in [-0.2, -0.15) is 0 Å². The normalized spacial score (nSPS) is 14.3. The number of nitrogens with zero attached hydrogens (tertiary/aromatic N) is 2. The molecule has 0 saturated carbocycles. The van der Waals surface area contributed by atoms with E-state index in [1.807, 2.05) is 6.20 Å². The molecule has 1 aromatic carbocycles. The minimum Gasteiger partial charge on any atom is -0.313 e. The van der Waals surface area contributed by atoms with Crippen LogP contribution >= 0.6 is 0 Å². The first-order chi connectivity index (χ1) is 10.3. The minimum atomic E-state index is 0.913. The smallest absolute Gasteiger partial charge is 0.0544 e. The fourth-order valence-corrected chi connectivity index (χ4v) is 2.81. The van der Waals surface area contributed by atoms with Gasteiger partial charge < -0.3 is 5.32 Å². The number of pyridine rings is 1. The van der Waals surface area contributed by atoms with Crippen LogP contribution in [0.15, 0.2) is 42.6 Å². The lowest BCUT2D eigenvalue weighted by Crippen LogP contribution is -2.17. The maximum absolute atomic E-state index is 4.60. The predicted molar refractivity (Wildman–Crippen MR) is 85.6 cm³/mol. The topological polar surface area (TPSA) is 28.2 Å². The Balaban J connectivity index is 1.55. The molecule has 3 rings (SSSR count). The largest absolute Gasteiger partial charge is 0.313 e. The van der Waals surface area contributed by atoms with Crippen molar-refractivity contribution in [3.8, 4) is 0 Å². The van der Waals surface area contributed by atoms with Crippen molar-refractivity contribution >= 4 is 0 Å². The van der Waals surface area contributed by atoms with Crippen LogP contribution in [0.2, 0.25) is 0 Å². The van der Waals surface area contributed by atoms with Crippen LogP contribution in [0.25, 0.3) is 0 Å². The van der Waals surface area contributed by atoms with Gasteiger partial charge in [-0.25, -0.2) is 0 Å². The zero-order valence-corrected chi connectivity index (χ0v) is 12.7. The second kappa shape index (κ2) is 6.83. The number of rotatable bonds is 6. The number of hydrogen-bond donors (Lipinski definition) is 1. The van der Waals surface area contributed by atoms with Gasteiger partial charge in [0.25, 0.3) is 0 Å². The molecule has 21 heavy (non-hydrogen) atoms. The number of aromatic nitrogens is 1. The van der Waals surface area contributed by atoms with Gasteiger partial charge in [0.15, 0.2) is 0 Å². The van der Waals surface area contributed by atoms with Crippen LogP contribution in [0.3, 0.4) is 0 Å². The van der Waals surface area contributed by atoms with Gasteiger partial charge in [-0.3, -0.25) is 9.88 Å². The summed E-state index contributed by atoms with van der Waals surface area (Å²) in [7, 11) is 0. The molecular weight excluding hydrogens is 258 g/mol. The molecule has 0 aliphatic carbocycles. The monoisotopic (exact) mass is 281 g/mol. The Morgan fingerprint density at radius 3 is 2.48 bits per heavy atom. The Morgan fingerprint density at radius 2 is 1.86 bits per heavy atom. The highest BCUT2D eigenvalue weighted by Crippen LogP contribution is 2.23. The average Bonchev–Trinajstić information content (AvgIpc) is 2.91. The Labute approximate surface area is 127 Å². The van der Waals surface area contributed by atoms with E-state index in [1.165, 1.54) is 23.1 Å². The molecular formula is C18H23N3. The van der Waals surface area contributed by atoms with Crippen LogP contribution in [0.4, 0.5) is 0 Å². The summed E-state index contributed by atoms with van der Waals surface area (Å²) in [6, 6.07) is 13.0. The van der Waals surface area contributed by atoms with E-state index in [0.717, 1.165) is 38.4 Å². The molecule has 2 heterocycles. The van der Waals surface area contributed by atoms with E-state index in [9.17, 15) is 0 Å². The highest BCUT2D eigenvalue weighted by atomic mass is 15.1. The van der Waals surface area contributed by atoms with Gasteiger partial charge in [-0.05, 0) is 35.7 Å². The molecule has 0 amide bonds. The summed E-state index contributed by atoms with van der Waals surface area (Å²) in [5.41, 5.74) is 5.33. The summed E-state index contributed by atoms with van der Waals surface area (Å²) in [5, 5.41) is 3.41. The van der Waals surface area contributed by atoms with E-state index in [4.69, 9.17) is 0 Å². The van der Waals surface area contributed by atoms with Gasteiger partial charge in [0, 0.05) is 32.4 Å². The van der Waals surface area contributed by atoms with Gasteiger partial charge in [0.2, 0.25) is 0 Å². The molecule has 3 nitrogen and oxygen atoms in total. The first-order valence-electron chi connectivity index (χ1n) is 7.79. The van der Waals surface area contributed by atoms with Crippen molar-refractivity contribution in [2.75, 3.05) is 6.54 Å². The molecule has 1 aromatic heterocycles. The van der Waals surface area contributed by atoms with Crippen LogP contribution in [-0.2, 0) is 26.2 Å². The molecule has 3 heteroatoms. The molecule has 0 atom stereocenters. The third-order valence-corrected chi connectivity index (χ3v) is 3.93. The maximum atomic E-state index is 4.60. The van der Waals surface area contributed by atoms with Gasteiger partial charge >= 0.3 is 0 Å². The zero-order valence-electron chi connectivity index (χ0n) is 12.7. The SMILES string of the molecule is CCCNCc1ccc(CN2Cc3ccccc3C2)nc1. The summed E-state index contributed by atoms with van der Waals surface area (Å²) in [4.78, 5) is 7.05. The predicted octanol–water partition coefficient (Wildman–Crippen LogP) is 3.10. The quantitative estimate of drug-likeness (QED) is 0.825. The third kappa shape index (κ3) is 3.69. The summed E-state index contributed by atoms with van der Waals surface area (Å²) >= 11 is 0. The van der Waals surface area contributed by atoms with Crippen LogP contribution < -0.4 is 5.32 Å². The first kappa shape index (κ1) is 14.2. The molecule has 0 spiro atoms. The number of hydrogen-bond acceptors (Lipinski definition) is 3. The van der Waals surface area contributed by atoms with E-state index in [0.29, 0.717) is 0 Å². The van der Waals surface area contributed by atoms with E-state index >= 15 is 0 Å². The number of nitrogens with one attached hydrogen (secondary N) is 1. The van der Waals surface area contributed by atoms with Crippen LogP contribution in [0.5, 0.6) is 0 Å². The van der Waals surface area contributed by atoms with Gasteiger partial charge in [0.1, 0.15) is 0 Å². The Bertz CT molecular complexity index is 552. The fourth-order valence-electron chi connectivity index (χ4n) is 2.81. The van der Waals surface area contributed by atoms with E-state index in [1.54, 1.807) is 0 Å². The molecule has 0 saturated heterocycles. The van der Waals surface area contributed by atoms with Crippen molar-refractivity contribution < 1.29 is 0 Å². The van der Waals surface area contributed by atoms with Gasteiger partial charge in [-0.1, -0.05) is 37.3 Å². The Morgan fingerprint density at radius 1 is 1.10 bits per heavy atom. The fraction of sp³-hybridized carbons (Fsp3) is 0.389. The Kier molecular flexibility index (Phi) is 4.63. The third-order valence-electron chi connectivity index (χ3n) is 3.93. The average molecular weight is 281 g/mol. The minimum absolute atomic E-state index is 0.913. The highest BCUT2D eigenvalue weighted by Gasteiger charge is 2.18. The molecule has 0 fully saturated rings. The second-order valence-corrected chi connectivity index (χ2v) is 5.75. The lowest BCUT2D eigenvalue weighted by molar-refractivity contribution is 0.272. The lowest BCUT2D eigenvalue weighted by atomic mass is 10.1. The van der Waals surface area contributed by atoms with Gasteiger partial charge in [0.05, 0.1) is 5.69 Å². The number of fused-ring (bicyclic) bond motifs is 1. The first-order valence-corrected chi connectivity index (χ1v) is 7.79. The molecule has 0 bridgehead atoms. The van der Waals surface area contributed by atoms with Crippen LogP contribution in [0.1, 0.15) is 35.7 Å². The zero-order chi connectivity index (χ0) is 14.5. The van der Waals surface area contributed by atoms with E-state index in [-0.39, 0.29) is 0 Å². The van der Waals surface area contributed by atoms with Crippen molar-refractivity contribution in [1.82, 2.24) is 15.2 Å². The summed E-state index contributed by atoms with van der Waals surface area (Å²) in [6.07, 6.45) is 3.17. The summed E-state index contributed by atoms with van der Waals surface area (Å²) < 4.78 is 0. The summed E-state index contributed by atoms with van der Waals surface area (Å²) in [6.45, 7) is 7.17. The molecule has 1 aliphatic rings. The van der Waals surface area contributed by atoms with Crippen molar-refractivity contribution in [1.29, 1.82) is 0 Å². The van der Waals surface area contributed by atoms with Crippen molar-refractivity contribution in [3.63, 3.8) is 0 Å². The van der Waals surface area contributed by atoms with Gasteiger partial charge in [-0.15, -0.1) is 0 Å². The maximum Gasteiger partial charge on any atom is 0.0544 e.